The van der Waals surface area contributed by atoms with Gasteiger partial charge in [-0.25, -0.2) is 4.79 Å². The highest BCUT2D eigenvalue weighted by Crippen LogP contribution is 2.29. The lowest BCUT2D eigenvalue weighted by molar-refractivity contribution is -0.142. The van der Waals surface area contributed by atoms with Gasteiger partial charge in [-0.05, 0) is 56.2 Å². The molecule has 236 valence electrons. The average molecular weight is 597 g/mol. The highest BCUT2D eigenvalue weighted by molar-refractivity contribution is 5.92. The molecule has 5 atom stereocenters. The van der Waals surface area contributed by atoms with Gasteiger partial charge in [-0.2, -0.15) is 5.26 Å². The number of rotatable bonds is 13. The van der Waals surface area contributed by atoms with E-state index in [1.165, 1.54) is 0 Å². The van der Waals surface area contributed by atoms with Crippen molar-refractivity contribution < 1.29 is 23.9 Å². The summed E-state index contributed by atoms with van der Waals surface area (Å²) >= 11 is 0. The van der Waals surface area contributed by atoms with Crippen LogP contribution in [0.1, 0.15) is 72.3 Å². The van der Waals surface area contributed by atoms with Crippen molar-refractivity contribution >= 4 is 23.8 Å². The Bertz CT molecular complexity index is 1140. The second-order valence-electron chi connectivity index (χ2n) is 12.6. The number of hydrogen-bond acceptors (Lipinski definition) is 7. The van der Waals surface area contributed by atoms with Crippen molar-refractivity contribution in [3.63, 3.8) is 0 Å². The van der Waals surface area contributed by atoms with E-state index in [1.807, 2.05) is 51.1 Å². The molecule has 3 rings (SSSR count). The van der Waals surface area contributed by atoms with Crippen LogP contribution in [-0.4, -0.2) is 84.0 Å². The Morgan fingerprint density at radius 3 is 2.37 bits per heavy atom. The van der Waals surface area contributed by atoms with Gasteiger partial charge in [-0.1, -0.05) is 65.0 Å². The molecule has 11 nitrogen and oxygen atoms in total. The van der Waals surface area contributed by atoms with Gasteiger partial charge in [0, 0.05) is 25.0 Å². The molecular weight excluding hydrogens is 548 g/mol. The van der Waals surface area contributed by atoms with E-state index in [0.717, 1.165) is 31.5 Å². The van der Waals surface area contributed by atoms with Gasteiger partial charge in [0.15, 0.2) is 0 Å². The number of nitriles is 1. The molecule has 43 heavy (non-hydrogen) atoms. The molecule has 0 saturated carbocycles. The van der Waals surface area contributed by atoms with Gasteiger partial charge < -0.3 is 25.6 Å². The fourth-order valence-corrected chi connectivity index (χ4v) is 5.89. The molecule has 2 heterocycles. The molecule has 0 aliphatic carbocycles. The van der Waals surface area contributed by atoms with E-state index in [-0.39, 0.29) is 36.8 Å². The lowest BCUT2D eigenvalue weighted by Crippen LogP contribution is -2.58. The molecule has 0 bridgehead atoms. The summed E-state index contributed by atoms with van der Waals surface area (Å²) in [6, 6.07) is 8.71. The lowest BCUT2D eigenvalue weighted by Gasteiger charge is -2.35. The van der Waals surface area contributed by atoms with E-state index in [2.05, 4.69) is 40.8 Å². The maximum atomic E-state index is 14.2. The molecule has 4 amide bonds. The highest BCUT2D eigenvalue weighted by Gasteiger charge is 2.46. The first kappa shape index (κ1) is 33.8. The Morgan fingerprint density at radius 2 is 1.81 bits per heavy atom. The molecule has 1 unspecified atom stereocenters. The second kappa shape index (κ2) is 15.7. The van der Waals surface area contributed by atoms with Gasteiger partial charge >= 0.3 is 6.09 Å². The average Bonchev–Trinajstić information content (AvgIpc) is 3.60. The molecule has 0 radical (unpaired) electrons. The third-order valence-electron chi connectivity index (χ3n) is 8.15. The number of likely N-dealkylation sites (tertiary alicyclic amines) is 1. The first-order valence-corrected chi connectivity index (χ1v) is 15.5. The molecule has 1 aromatic carbocycles. The first-order chi connectivity index (χ1) is 20.5. The zero-order chi connectivity index (χ0) is 31.6. The van der Waals surface area contributed by atoms with Crippen LogP contribution in [0.2, 0.25) is 0 Å². The Morgan fingerprint density at radius 1 is 1.14 bits per heavy atom. The molecule has 0 spiro atoms. The Labute approximate surface area is 255 Å². The second-order valence-corrected chi connectivity index (χ2v) is 12.6. The fraction of sp³-hybridized carbons (Fsp3) is 0.656. The summed E-state index contributed by atoms with van der Waals surface area (Å²) in [4.78, 5) is 56.8. The zero-order valence-corrected chi connectivity index (χ0v) is 26.2. The van der Waals surface area contributed by atoms with Crippen molar-refractivity contribution in [2.24, 2.45) is 11.3 Å². The SMILES string of the molecule is CCCN(CCC)[C@@H]1C[C@@H](C(=O)NC(C#N)C[C@@H]2CCNC2=O)N(C(=O)[C@@H](NC(=O)OCc2ccccc2)C(C)(C)C)C1. The molecule has 3 N–H and O–H groups in total. The summed E-state index contributed by atoms with van der Waals surface area (Å²) < 4.78 is 5.43. The van der Waals surface area contributed by atoms with E-state index in [0.29, 0.717) is 25.9 Å². The minimum Gasteiger partial charge on any atom is -0.445 e. The minimum atomic E-state index is -0.954. The smallest absolute Gasteiger partial charge is 0.408 e. The van der Waals surface area contributed by atoms with Gasteiger partial charge in [0.25, 0.3) is 0 Å². The van der Waals surface area contributed by atoms with Crippen LogP contribution in [0.5, 0.6) is 0 Å². The summed E-state index contributed by atoms with van der Waals surface area (Å²) in [6.07, 6.45) is 2.39. The van der Waals surface area contributed by atoms with E-state index in [4.69, 9.17) is 4.74 Å². The summed E-state index contributed by atoms with van der Waals surface area (Å²) in [5.74, 6) is -1.24. The molecule has 2 aliphatic rings. The number of hydrogen-bond donors (Lipinski definition) is 3. The van der Waals surface area contributed by atoms with E-state index in [1.54, 1.807) is 4.90 Å². The Balaban J connectivity index is 1.80. The summed E-state index contributed by atoms with van der Waals surface area (Å²) in [6.45, 7) is 12.4. The van der Waals surface area contributed by atoms with Gasteiger partial charge in [0.1, 0.15) is 24.7 Å². The van der Waals surface area contributed by atoms with Gasteiger partial charge in [-0.15, -0.1) is 0 Å². The van der Waals surface area contributed by atoms with Crippen LogP contribution in [-0.2, 0) is 25.7 Å². The maximum Gasteiger partial charge on any atom is 0.408 e. The molecular formula is C32H48N6O5. The number of ether oxygens (including phenoxy) is 1. The van der Waals surface area contributed by atoms with Gasteiger partial charge in [-0.3, -0.25) is 19.3 Å². The molecule has 0 aromatic heterocycles. The molecule has 2 saturated heterocycles. The van der Waals surface area contributed by atoms with E-state index in [9.17, 15) is 24.4 Å². The normalized spacial score (nSPS) is 21.6. The number of amides is 4. The molecule has 11 heteroatoms. The number of carbonyl (C=O) groups excluding carboxylic acids is 4. The first-order valence-electron chi connectivity index (χ1n) is 15.5. The van der Waals surface area contributed by atoms with Crippen LogP contribution >= 0.6 is 0 Å². The topological polar surface area (TPSA) is 144 Å². The Kier molecular flexibility index (Phi) is 12.4. The largest absolute Gasteiger partial charge is 0.445 e. The van der Waals surface area contributed by atoms with Crippen LogP contribution in [0.25, 0.3) is 0 Å². The fourth-order valence-electron chi connectivity index (χ4n) is 5.89. The van der Waals surface area contributed by atoms with Crippen LogP contribution in [0.4, 0.5) is 4.79 Å². The number of benzene rings is 1. The Hall–Kier alpha value is -3.65. The van der Waals surface area contributed by atoms with Gasteiger partial charge in [0.05, 0.1) is 6.07 Å². The minimum absolute atomic E-state index is 0.0496. The van der Waals surface area contributed by atoms with Crippen molar-refractivity contribution in [1.29, 1.82) is 5.26 Å². The monoisotopic (exact) mass is 596 g/mol. The number of alkyl carbamates (subject to hydrolysis) is 1. The van der Waals surface area contributed by atoms with Crippen molar-refractivity contribution in [3.05, 3.63) is 35.9 Å². The predicted molar refractivity (Wildman–Crippen MR) is 162 cm³/mol. The maximum absolute atomic E-state index is 14.2. The van der Waals surface area contributed by atoms with Crippen molar-refractivity contribution in [2.75, 3.05) is 26.2 Å². The van der Waals surface area contributed by atoms with Crippen LogP contribution in [0.3, 0.4) is 0 Å². The summed E-state index contributed by atoms with van der Waals surface area (Å²) in [7, 11) is 0. The molecule has 2 aliphatic heterocycles. The summed E-state index contributed by atoms with van der Waals surface area (Å²) in [5, 5.41) is 18.2. The number of carbonyl (C=O) groups is 4. The lowest BCUT2D eigenvalue weighted by atomic mass is 9.85. The third kappa shape index (κ3) is 9.42. The molecule has 2 fully saturated rings. The van der Waals surface area contributed by atoms with Crippen LogP contribution in [0, 0.1) is 22.7 Å². The number of nitrogens with one attached hydrogen (secondary N) is 3. The zero-order valence-electron chi connectivity index (χ0n) is 26.2. The van der Waals surface area contributed by atoms with E-state index < -0.39 is 35.5 Å². The van der Waals surface area contributed by atoms with Crippen LogP contribution in [0.15, 0.2) is 30.3 Å². The summed E-state index contributed by atoms with van der Waals surface area (Å²) in [5.41, 5.74) is 0.143. The highest BCUT2D eigenvalue weighted by atomic mass is 16.5. The van der Waals surface area contributed by atoms with Crippen molar-refractivity contribution in [3.8, 4) is 6.07 Å². The van der Waals surface area contributed by atoms with E-state index >= 15 is 0 Å². The predicted octanol–water partition coefficient (Wildman–Crippen LogP) is 2.95. The third-order valence-corrected chi connectivity index (χ3v) is 8.15. The van der Waals surface area contributed by atoms with Gasteiger partial charge in [0.2, 0.25) is 17.7 Å². The number of nitrogens with zero attached hydrogens (tertiary/aromatic N) is 3. The molecule has 1 aromatic rings. The van der Waals surface area contributed by atoms with Crippen LogP contribution < -0.4 is 16.0 Å². The quantitative estimate of drug-likeness (QED) is 0.318. The standard InChI is InChI=1S/C32H48N6O5/c1-6-15-37(16-7-2)25-18-26(29(40)35-24(19-33)17-23-13-14-34-28(23)39)38(20-25)30(41)27(32(3,4)5)36-31(42)43-21-22-11-9-8-10-12-22/h8-12,23-27H,6-7,13-18,20-21H2,1-5H3,(H,34,39)(H,35,40)(H,36,42)/t23-,24?,25+,26-,27+/m0/s1. The van der Waals surface area contributed by atoms with Crippen molar-refractivity contribution in [2.45, 2.75) is 97.5 Å². The van der Waals surface area contributed by atoms with Crippen molar-refractivity contribution in [1.82, 2.24) is 25.8 Å².